The van der Waals surface area contributed by atoms with Crippen molar-refractivity contribution in [3.8, 4) is 11.3 Å². The SMILES string of the molecule is O=S(=O)(Cc1cc(F)cc(F)c1)NCCn1ccc(-c2ccncc2)n1. The molecule has 1 aromatic carbocycles. The molecule has 136 valence electrons. The molecule has 2 heterocycles. The summed E-state index contributed by atoms with van der Waals surface area (Å²) in [6.45, 7) is 0.430. The first kappa shape index (κ1) is 18.2. The van der Waals surface area contributed by atoms with Crippen molar-refractivity contribution in [2.24, 2.45) is 0 Å². The summed E-state index contributed by atoms with van der Waals surface area (Å²) in [5, 5.41) is 4.36. The first-order valence-electron chi connectivity index (χ1n) is 7.77. The molecule has 0 saturated heterocycles. The fraction of sp³-hybridized carbons (Fsp3) is 0.176. The van der Waals surface area contributed by atoms with Crippen LogP contribution in [0.25, 0.3) is 11.3 Å². The number of aromatic nitrogens is 3. The van der Waals surface area contributed by atoms with Gasteiger partial charge in [0.05, 0.1) is 18.0 Å². The molecule has 0 saturated carbocycles. The summed E-state index contributed by atoms with van der Waals surface area (Å²) in [4.78, 5) is 3.94. The fourth-order valence-corrected chi connectivity index (χ4v) is 3.55. The van der Waals surface area contributed by atoms with Crippen LogP contribution in [0.1, 0.15) is 5.56 Å². The molecule has 3 aromatic rings. The Morgan fingerprint density at radius 1 is 1.04 bits per heavy atom. The first-order valence-corrected chi connectivity index (χ1v) is 9.43. The van der Waals surface area contributed by atoms with Crippen LogP contribution in [0.5, 0.6) is 0 Å². The molecular formula is C17H16F2N4O2S. The molecule has 26 heavy (non-hydrogen) atoms. The van der Waals surface area contributed by atoms with Crippen LogP contribution in [0.2, 0.25) is 0 Å². The molecule has 0 unspecified atom stereocenters. The molecule has 0 radical (unpaired) electrons. The van der Waals surface area contributed by atoms with E-state index >= 15 is 0 Å². The molecule has 3 rings (SSSR count). The van der Waals surface area contributed by atoms with Gasteiger partial charge in [-0.25, -0.2) is 21.9 Å². The quantitative estimate of drug-likeness (QED) is 0.685. The lowest BCUT2D eigenvalue weighted by Crippen LogP contribution is -2.28. The normalized spacial score (nSPS) is 11.6. The topological polar surface area (TPSA) is 76.9 Å². The Kier molecular flexibility index (Phi) is 5.38. The van der Waals surface area contributed by atoms with Gasteiger partial charge in [0.2, 0.25) is 10.0 Å². The molecule has 0 spiro atoms. The lowest BCUT2D eigenvalue weighted by Gasteiger charge is -2.07. The van der Waals surface area contributed by atoms with E-state index in [0.29, 0.717) is 12.6 Å². The molecule has 6 nitrogen and oxygen atoms in total. The highest BCUT2D eigenvalue weighted by Crippen LogP contribution is 2.15. The minimum Gasteiger partial charge on any atom is -0.271 e. The van der Waals surface area contributed by atoms with E-state index in [1.807, 2.05) is 18.2 Å². The molecule has 0 aliphatic rings. The third kappa shape index (κ3) is 4.93. The molecule has 0 amide bonds. The highest BCUT2D eigenvalue weighted by atomic mass is 32.2. The second kappa shape index (κ2) is 7.71. The Bertz CT molecular complexity index is 971. The van der Waals surface area contributed by atoms with E-state index in [-0.39, 0.29) is 12.1 Å². The minimum atomic E-state index is -3.72. The van der Waals surface area contributed by atoms with Crippen LogP contribution >= 0.6 is 0 Å². The molecule has 2 aromatic heterocycles. The van der Waals surface area contributed by atoms with Crippen LogP contribution in [0.3, 0.4) is 0 Å². The summed E-state index contributed by atoms with van der Waals surface area (Å²) in [7, 11) is -3.72. The van der Waals surface area contributed by atoms with Crippen molar-refractivity contribution < 1.29 is 17.2 Å². The predicted octanol–water partition coefficient (Wildman–Crippen LogP) is 2.34. The van der Waals surface area contributed by atoms with E-state index < -0.39 is 27.4 Å². The average molecular weight is 378 g/mol. The number of hydrogen-bond donors (Lipinski definition) is 1. The first-order chi connectivity index (χ1) is 12.4. The van der Waals surface area contributed by atoms with Crippen molar-refractivity contribution in [1.82, 2.24) is 19.5 Å². The molecule has 1 N–H and O–H groups in total. The summed E-state index contributed by atoms with van der Waals surface area (Å²) in [6.07, 6.45) is 5.07. The van der Waals surface area contributed by atoms with Crippen LogP contribution in [0.15, 0.2) is 55.0 Å². The van der Waals surface area contributed by atoms with Crippen molar-refractivity contribution in [2.45, 2.75) is 12.3 Å². The number of pyridine rings is 1. The van der Waals surface area contributed by atoms with Crippen molar-refractivity contribution >= 4 is 10.0 Å². The van der Waals surface area contributed by atoms with Crippen LogP contribution in [-0.2, 0) is 22.3 Å². The highest BCUT2D eigenvalue weighted by molar-refractivity contribution is 7.88. The smallest absolute Gasteiger partial charge is 0.215 e. The van der Waals surface area contributed by atoms with Gasteiger partial charge in [-0.1, -0.05) is 0 Å². The second-order valence-electron chi connectivity index (χ2n) is 5.63. The predicted molar refractivity (Wildman–Crippen MR) is 92.4 cm³/mol. The lowest BCUT2D eigenvalue weighted by atomic mass is 10.2. The summed E-state index contributed by atoms with van der Waals surface area (Å²) >= 11 is 0. The molecule has 0 aliphatic carbocycles. The summed E-state index contributed by atoms with van der Waals surface area (Å²) in [5.41, 5.74) is 1.71. The van der Waals surface area contributed by atoms with Gasteiger partial charge in [-0.3, -0.25) is 9.67 Å². The Morgan fingerprint density at radius 3 is 2.42 bits per heavy atom. The molecule has 0 bridgehead atoms. The van der Waals surface area contributed by atoms with Crippen LogP contribution in [0.4, 0.5) is 8.78 Å². The third-order valence-corrected chi connectivity index (χ3v) is 4.92. The summed E-state index contributed by atoms with van der Waals surface area (Å²) in [6, 6.07) is 8.16. The molecule has 0 aliphatic heterocycles. The average Bonchev–Trinajstić information content (AvgIpc) is 3.03. The van der Waals surface area contributed by atoms with Gasteiger partial charge >= 0.3 is 0 Å². The standard InChI is InChI=1S/C17H16F2N4O2S/c18-15-9-13(10-16(19)11-15)12-26(24,25)21-6-8-23-7-3-17(22-23)14-1-4-20-5-2-14/h1-5,7,9-11,21H,6,8,12H2. The summed E-state index contributed by atoms with van der Waals surface area (Å²) in [5.74, 6) is -2.12. The summed E-state index contributed by atoms with van der Waals surface area (Å²) < 4.78 is 54.4. The maximum atomic E-state index is 13.1. The van der Waals surface area contributed by atoms with Crippen LogP contribution < -0.4 is 4.72 Å². The maximum absolute atomic E-state index is 13.1. The second-order valence-corrected chi connectivity index (χ2v) is 7.44. The monoisotopic (exact) mass is 378 g/mol. The van der Waals surface area contributed by atoms with Gasteiger partial charge in [-0.15, -0.1) is 0 Å². The van der Waals surface area contributed by atoms with Crippen LogP contribution in [-0.4, -0.2) is 29.7 Å². The fourth-order valence-electron chi connectivity index (χ4n) is 2.44. The molecule has 9 heteroatoms. The van der Waals surface area contributed by atoms with Gasteiger partial charge in [0.15, 0.2) is 0 Å². The number of rotatable bonds is 7. The van der Waals surface area contributed by atoms with Gasteiger partial charge in [0.1, 0.15) is 11.6 Å². The van der Waals surface area contributed by atoms with Crippen molar-refractivity contribution in [3.05, 3.63) is 72.2 Å². The Morgan fingerprint density at radius 2 is 1.73 bits per heavy atom. The van der Waals surface area contributed by atoms with Gasteiger partial charge in [-0.2, -0.15) is 5.10 Å². The largest absolute Gasteiger partial charge is 0.271 e. The number of sulfonamides is 1. The van der Waals surface area contributed by atoms with Gasteiger partial charge < -0.3 is 0 Å². The zero-order valence-corrected chi connectivity index (χ0v) is 14.5. The number of nitrogens with zero attached hydrogens (tertiary/aromatic N) is 3. The van der Waals surface area contributed by atoms with E-state index in [0.717, 1.165) is 23.4 Å². The highest BCUT2D eigenvalue weighted by Gasteiger charge is 2.13. The Balaban J connectivity index is 1.56. The van der Waals surface area contributed by atoms with E-state index in [1.54, 1.807) is 23.3 Å². The Labute approximate surface area is 149 Å². The minimum absolute atomic E-state index is 0.0501. The molecule has 0 atom stereocenters. The molecule has 0 fully saturated rings. The van der Waals surface area contributed by atoms with Crippen molar-refractivity contribution in [1.29, 1.82) is 0 Å². The Hall–Kier alpha value is -2.65. The zero-order chi connectivity index (χ0) is 18.6. The number of benzene rings is 1. The van der Waals surface area contributed by atoms with Crippen molar-refractivity contribution in [2.75, 3.05) is 6.54 Å². The van der Waals surface area contributed by atoms with E-state index in [4.69, 9.17) is 0 Å². The van der Waals surface area contributed by atoms with Gasteiger partial charge in [0.25, 0.3) is 0 Å². The van der Waals surface area contributed by atoms with Gasteiger partial charge in [-0.05, 0) is 35.9 Å². The third-order valence-electron chi connectivity index (χ3n) is 3.56. The number of halogens is 2. The maximum Gasteiger partial charge on any atom is 0.215 e. The van der Waals surface area contributed by atoms with Crippen molar-refractivity contribution in [3.63, 3.8) is 0 Å². The zero-order valence-electron chi connectivity index (χ0n) is 13.6. The van der Waals surface area contributed by atoms with E-state index in [9.17, 15) is 17.2 Å². The number of nitrogens with one attached hydrogen (secondary N) is 1. The van der Waals surface area contributed by atoms with E-state index in [2.05, 4.69) is 14.8 Å². The van der Waals surface area contributed by atoms with Gasteiger partial charge in [0, 0.05) is 36.8 Å². The number of hydrogen-bond acceptors (Lipinski definition) is 4. The molecular weight excluding hydrogens is 362 g/mol. The van der Waals surface area contributed by atoms with E-state index in [1.165, 1.54) is 0 Å². The lowest BCUT2D eigenvalue weighted by molar-refractivity contribution is 0.559. The van der Waals surface area contributed by atoms with Crippen LogP contribution in [0, 0.1) is 11.6 Å².